The van der Waals surface area contributed by atoms with Crippen LogP contribution in [0.15, 0.2) is 35.3 Å². The zero-order valence-electron chi connectivity index (χ0n) is 47.0. The van der Waals surface area contributed by atoms with Gasteiger partial charge in [0.25, 0.3) is 0 Å². The lowest BCUT2D eigenvalue weighted by Crippen LogP contribution is -2.63. The minimum absolute atomic E-state index is 0.0535. The van der Waals surface area contributed by atoms with Crippen molar-refractivity contribution in [3.63, 3.8) is 0 Å². The maximum atomic E-state index is 14.2. The highest BCUT2D eigenvalue weighted by Crippen LogP contribution is 2.21. The first-order valence-corrected chi connectivity index (χ1v) is 27.0. The second kappa shape index (κ2) is 33.3. The average Bonchev–Trinajstić information content (AvgIpc) is 3.88. The number of aliphatic hydroxyl groups is 1. The molecule has 0 unspecified atom stereocenters. The molecule has 1 aliphatic heterocycles. The second-order valence-electron chi connectivity index (χ2n) is 20.3. The molecule has 1 aromatic carbocycles. The van der Waals surface area contributed by atoms with Crippen LogP contribution in [0.3, 0.4) is 0 Å². The van der Waals surface area contributed by atoms with Crippen molar-refractivity contribution in [1.29, 1.82) is 0 Å². The first-order valence-electron chi connectivity index (χ1n) is 27.0. The fourth-order valence-corrected chi connectivity index (χ4v) is 8.60. The quantitative estimate of drug-likeness (QED) is 0.0240. The van der Waals surface area contributed by atoms with E-state index in [0.717, 1.165) is 0 Å². The van der Waals surface area contributed by atoms with Crippen molar-refractivity contribution in [1.82, 2.24) is 52.3 Å². The van der Waals surface area contributed by atoms with Crippen LogP contribution in [0, 0.1) is 17.8 Å². The molecule has 1 heterocycles. The number of carbonyl (C=O) groups excluding carboxylic acids is 10. The molecule has 432 valence electrons. The number of hydrogen-bond donors (Lipinski definition) is 11. The maximum absolute atomic E-state index is 14.2. The van der Waals surface area contributed by atoms with Crippen LogP contribution in [0.2, 0.25) is 0 Å². The number of nitrogens with two attached hydrogens (primary N) is 2. The van der Waals surface area contributed by atoms with E-state index in [1.807, 2.05) is 6.92 Å². The Morgan fingerprint density at radius 2 is 1.21 bits per heavy atom. The smallest absolute Gasteiger partial charge is 0.245 e. The Labute approximate surface area is 453 Å². The number of aliphatic imine (C=N–C) groups is 1. The molecular weight excluding hydrogens is 995 g/mol. The van der Waals surface area contributed by atoms with E-state index in [1.54, 1.807) is 78.8 Å². The highest BCUT2D eigenvalue weighted by atomic mass is 16.3. The van der Waals surface area contributed by atoms with Crippen LogP contribution in [-0.2, 0) is 54.4 Å². The van der Waals surface area contributed by atoms with E-state index in [2.05, 4.69) is 47.5 Å². The zero-order valence-corrected chi connectivity index (χ0v) is 47.0. The second-order valence-corrected chi connectivity index (χ2v) is 20.3. The predicted molar refractivity (Wildman–Crippen MR) is 291 cm³/mol. The first-order chi connectivity index (χ1) is 36.3. The molecule has 1 aliphatic rings. The SMILES string of the molecule is CCC[C@H](NC(=O)[C@@H](NC(=O)[C@H](NC(=O)[C@@H](NC(=O)[C@H](Cc1ccccc1)NC(=O)CN(C)C(C)=O)C(C)C)[C@@H](C)CC)[C@@H](C)O)C(=O)N[C@H](C(=O)N[C@@H](CCCN=C(N)N)C(=O)N1CCC[C@H]1C(=O)NCC)[C@@H](C)CC. The molecule has 2 rings (SSSR count). The van der Waals surface area contributed by atoms with Gasteiger partial charge in [-0.3, -0.25) is 52.9 Å². The zero-order chi connectivity index (χ0) is 58.1. The number of nitrogens with one attached hydrogen (secondary N) is 8. The Morgan fingerprint density at radius 3 is 1.74 bits per heavy atom. The predicted octanol–water partition coefficient (Wildman–Crippen LogP) is -0.789. The number of hydrogen-bond acceptors (Lipinski definition) is 12. The van der Waals surface area contributed by atoms with Crippen molar-refractivity contribution in [3.8, 4) is 0 Å². The largest absolute Gasteiger partial charge is 0.391 e. The van der Waals surface area contributed by atoms with Gasteiger partial charge in [-0.05, 0) is 69.3 Å². The average molecular weight is 1080 g/mol. The molecule has 1 saturated heterocycles. The number of aliphatic hydroxyl groups excluding tert-OH is 1. The molecule has 0 aliphatic carbocycles. The number of benzene rings is 1. The highest BCUT2D eigenvalue weighted by Gasteiger charge is 2.40. The van der Waals surface area contributed by atoms with Gasteiger partial charge in [-0.1, -0.05) is 98.1 Å². The number of likely N-dealkylation sites (tertiary alicyclic amines) is 1. The summed E-state index contributed by atoms with van der Waals surface area (Å²) in [7, 11) is 1.44. The summed E-state index contributed by atoms with van der Waals surface area (Å²) in [5.74, 6) is -8.08. The number of amides is 10. The first kappa shape index (κ1) is 66.3. The minimum atomic E-state index is -1.64. The van der Waals surface area contributed by atoms with Crippen LogP contribution in [0.5, 0.6) is 0 Å². The summed E-state index contributed by atoms with van der Waals surface area (Å²) >= 11 is 0. The van der Waals surface area contributed by atoms with Crippen molar-refractivity contribution in [2.75, 3.05) is 33.2 Å². The van der Waals surface area contributed by atoms with E-state index in [9.17, 15) is 53.1 Å². The summed E-state index contributed by atoms with van der Waals surface area (Å²) in [6, 6.07) is -0.746. The summed E-state index contributed by atoms with van der Waals surface area (Å²) in [6.45, 7) is 17.0. The summed E-state index contributed by atoms with van der Waals surface area (Å²) in [5, 5.41) is 32.6. The lowest BCUT2D eigenvalue weighted by molar-refractivity contribution is -0.142. The van der Waals surface area contributed by atoms with Gasteiger partial charge in [0.1, 0.15) is 48.3 Å². The topological polar surface area (TPSA) is 358 Å². The third-order valence-corrected chi connectivity index (χ3v) is 13.7. The van der Waals surface area contributed by atoms with Crippen LogP contribution in [0.1, 0.15) is 126 Å². The summed E-state index contributed by atoms with van der Waals surface area (Å²) in [5.41, 5.74) is 11.7. The molecule has 24 heteroatoms. The van der Waals surface area contributed by atoms with Gasteiger partial charge in [-0.2, -0.15) is 0 Å². The van der Waals surface area contributed by atoms with Crippen LogP contribution < -0.4 is 54.0 Å². The molecule has 10 amide bonds. The Kier molecular flexibility index (Phi) is 28.7. The molecule has 0 spiro atoms. The van der Waals surface area contributed by atoms with E-state index < -0.39 is 119 Å². The van der Waals surface area contributed by atoms with E-state index in [-0.39, 0.29) is 50.1 Å². The van der Waals surface area contributed by atoms with Crippen LogP contribution in [0.25, 0.3) is 0 Å². The number of likely N-dealkylation sites (N-methyl/N-ethyl adjacent to an activating group) is 2. The van der Waals surface area contributed by atoms with Crippen molar-refractivity contribution in [3.05, 3.63) is 35.9 Å². The van der Waals surface area contributed by atoms with Crippen molar-refractivity contribution in [2.45, 2.75) is 181 Å². The van der Waals surface area contributed by atoms with Gasteiger partial charge in [0.15, 0.2) is 5.96 Å². The Morgan fingerprint density at radius 1 is 0.688 bits per heavy atom. The summed E-state index contributed by atoms with van der Waals surface area (Å²) in [6.07, 6.45) is 1.21. The molecule has 1 fully saturated rings. The van der Waals surface area contributed by atoms with Crippen molar-refractivity contribution in [2.24, 2.45) is 34.2 Å². The van der Waals surface area contributed by atoms with Crippen LogP contribution >= 0.6 is 0 Å². The van der Waals surface area contributed by atoms with E-state index in [4.69, 9.17) is 11.5 Å². The Balaban J connectivity index is 2.35. The van der Waals surface area contributed by atoms with E-state index in [1.165, 1.54) is 30.7 Å². The molecular formula is C53H89N13O11. The molecule has 77 heavy (non-hydrogen) atoms. The maximum Gasteiger partial charge on any atom is 0.245 e. The lowest BCUT2D eigenvalue weighted by Gasteiger charge is -2.32. The van der Waals surface area contributed by atoms with Gasteiger partial charge in [-0.15, -0.1) is 0 Å². The van der Waals surface area contributed by atoms with Gasteiger partial charge in [0.05, 0.1) is 12.6 Å². The number of nitrogens with zero attached hydrogens (tertiary/aromatic N) is 3. The number of carbonyl (C=O) groups is 10. The van der Waals surface area contributed by atoms with Gasteiger partial charge < -0.3 is 68.9 Å². The third-order valence-electron chi connectivity index (χ3n) is 13.7. The Hall–Kier alpha value is -6.85. The fourth-order valence-electron chi connectivity index (χ4n) is 8.60. The van der Waals surface area contributed by atoms with Gasteiger partial charge in [0, 0.05) is 40.0 Å². The molecule has 0 aromatic heterocycles. The lowest BCUT2D eigenvalue weighted by atomic mass is 9.95. The molecule has 13 N–H and O–H groups in total. The molecule has 1 aromatic rings. The fraction of sp³-hybridized carbons (Fsp3) is 0.679. The van der Waals surface area contributed by atoms with E-state index in [0.29, 0.717) is 57.2 Å². The number of guanidine groups is 1. The van der Waals surface area contributed by atoms with Crippen molar-refractivity contribution < 1.29 is 53.1 Å². The molecule has 11 atom stereocenters. The summed E-state index contributed by atoms with van der Waals surface area (Å²) < 4.78 is 0. The standard InChI is InChI=1S/C53H89N13O11/c1-12-21-36(45(70)62-42(31(7)13-2)49(74)60-37(24-19-26-57-53(54)55)52(77)66-27-20-25-39(66)47(72)56-15-4)59-51(76)44(33(9)67)64-50(75)43(32(8)14-3)63-48(73)41(30(5)6)61-46(71)38(28-35-22-17-16-18-23-35)58-40(69)29-65(11)34(10)68/h16-18,22-23,30-33,36-39,41-44,67H,12-15,19-21,24-29H2,1-11H3,(H,56,72)(H,58,69)(H,59,76)(H,60,74)(H,61,71)(H,62,70)(H,63,73)(H,64,75)(H4,54,55,57)/t31-,32-,33+,36-,37-,38-,39-,41-,42-,43+,44-/m0/s1. The highest BCUT2D eigenvalue weighted by molar-refractivity contribution is 5.98. The van der Waals surface area contributed by atoms with Crippen molar-refractivity contribution >= 4 is 65.0 Å². The molecule has 0 radical (unpaired) electrons. The monoisotopic (exact) mass is 1080 g/mol. The van der Waals surface area contributed by atoms with Gasteiger partial charge >= 0.3 is 0 Å². The van der Waals surface area contributed by atoms with Crippen LogP contribution in [-0.4, -0.2) is 168 Å². The van der Waals surface area contributed by atoms with Crippen LogP contribution in [0.4, 0.5) is 0 Å². The minimum Gasteiger partial charge on any atom is -0.391 e. The van der Waals surface area contributed by atoms with Gasteiger partial charge in [0.2, 0.25) is 59.1 Å². The number of rotatable bonds is 32. The molecule has 0 bridgehead atoms. The summed E-state index contributed by atoms with van der Waals surface area (Å²) in [4.78, 5) is 143. The Bertz CT molecular complexity index is 2170. The third kappa shape index (κ3) is 21.6. The molecule has 24 nitrogen and oxygen atoms in total. The van der Waals surface area contributed by atoms with Gasteiger partial charge in [-0.25, -0.2) is 0 Å². The van der Waals surface area contributed by atoms with E-state index >= 15 is 0 Å². The normalized spacial score (nSPS) is 17.0. The molecule has 0 saturated carbocycles.